The average molecular weight is 401 g/mol. The molecule has 1 aliphatic heterocycles. The molecular formula is C21H25N2O6-. The van der Waals surface area contributed by atoms with Crippen LogP contribution in [0.1, 0.15) is 47.0 Å². The molecule has 8 heteroatoms. The molecule has 2 heterocycles. The topological polar surface area (TPSA) is 105 Å². The Labute approximate surface area is 169 Å². The lowest BCUT2D eigenvalue weighted by Crippen LogP contribution is -2.42. The van der Waals surface area contributed by atoms with Crippen LogP contribution in [-0.4, -0.2) is 42.7 Å². The minimum absolute atomic E-state index is 0.114. The molecule has 0 spiro atoms. The Morgan fingerprint density at radius 1 is 1.24 bits per heavy atom. The SMILES string of the molecule is COc1cc2c(cc1OC)[C@H](CC(=O)[O-])N(C(=O)CCc1c(C)noc1C)CC2. The van der Waals surface area contributed by atoms with Gasteiger partial charge in [0, 0.05) is 30.9 Å². The first-order valence-corrected chi connectivity index (χ1v) is 9.51. The lowest BCUT2D eigenvalue weighted by molar-refractivity contribution is -0.306. The number of ether oxygens (including phenoxy) is 2. The van der Waals surface area contributed by atoms with E-state index in [-0.39, 0.29) is 18.7 Å². The van der Waals surface area contributed by atoms with Gasteiger partial charge in [-0.15, -0.1) is 0 Å². The number of hydrogen-bond acceptors (Lipinski definition) is 7. The number of aryl methyl sites for hydroxylation is 2. The molecule has 0 radical (unpaired) electrons. The number of benzene rings is 1. The molecule has 29 heavy (non-hydrogen) atoms. The normalized spacial score (nSPS) is 15.7. The minimum Gasteiger partial charge on any atom is -0.550 e. The van der Waals surface area contributed by atoms with Gasteiger partial charge in [0.2, 0.25) is 5.91 Å². The Balaban J connectivity index is 1.87. The molecule has 0 bridgehead atoms. The molecular weight excluding hydrogens is 376 g/mol. The molecule has 1 aromatic heterocycles. The lowest BCUT2D eigenvalue weighted by atomic mass is 9.89. The van der Waals surface area contributed by atoms with E-state index < -0.39 is 12.0 Å². The Morgan fingerprint density at radius 3 is 2.52 bits per heavy atom. The number of aromatic nitrogens is 1. The number of methoxy groups -OCH3 is 2. The Morgan fingerprint density at radius 2 is 1.93 bits per heavy atom. The zero-order valence-electron chi connectivity index (χ0n) is 17.1. The monoisotopic (exact) mass is 401 g/mol. The van der Waals surface area contributed by atoms with E-state index in [4.69, 9.17) is 14.0 Å². The molecule has 0 saturated carbocycles. The fourth-order valence-corrected chi connectivity index (χ4v) is 3.94. The summed E-state index contributed by atoms with van der Waals surface area (Å²) >= 11 is 0. The van der Waals surface area contributed by atoms with E-state index in [1.54, 1.807) is 18.1 Å². The van der Waals surface area contributed by atoms with Crippen LogP contribution >= 0.6 is 0 Å². The largest absolute Gasteiger partial charge is 0.550 e. The summed E-state index contributed by atoms with van der Waals surface area (Å²) in [7, 11) is 3.07. The number of carboxylic acid groups (broad SMARTS) is 1. The molecule has 8 nitrogen and oxygen atoms in total. The van der Waals surface area contributed by atoms with Gasteiger partial charge in [-0.2, -0.15) is 0 Å². The van der Waals surface area contributed by atoms with Crippen LogP contribution in [0.15, 0.2) is 16.7 Å². The highest BCUT2D eigenvalue weighted by Gasteiger charge is 2.32. The summed E-state index contributed by atoms with van der Waals surface area (Å²) in [6.07, 6.45) is 1.07. The van der Waals surface area contributed by atoms with Gasteiger partial charge in [0.25, 0.3) is 0 Å². The molecule has 0 N–H and O–H groups in total. The molecule has 0 unspecified atom stereocenters. The number of fused-ring (bicyclic) bond motifs is 1. The van der Waals surface area contributed by atoms with Crippen molar-refractivity contribution in [3.63, 3.8) is 0 Å². The van der Waals surface area contributed by atoms with Gasteiger partial charge in [0.15, 0.2) is 11.5 Å². The minimum atomic E-state index is -1.21. The van der Waals surface area contributed by atoms with Crippen molar-refractivity contribution in [3.8, 4) is 11.5 Å². The second-order valence-corrected chi connectivity index (χ2v) is 7.14. The number of hydrogen-bond donors (Lipinski definition) is 0. The summed E-state index contributed by atoms with van der Waals surface area (Å²) in [6, 6.07) is 3.00. The van der Waals surface area contributed by atoms with E-state index in [2.05, 4.69) is 5.16 Å². The first kappa shape index (κ1) is 20.7. The van der Waals surface area contributed by atoms with Crippen LogP contribution < -0.4 is 14.6 Å². The third kappa shape index (κ3) is 4.21. The van der Waals surface area contributed by atoms with Crippen molar-refractivity contribution in [3.05, 3.63) is 40.3 Å². The molecule has 0 aliphatic carbocycles. The van der Waals surface area contributed by atoms with Crippen LogP contribution in [0.5, 0.6) is 11.5 Å². The highest BCUT2D eigenvalue weighted by atomic mass is 16.5. The fourth-order valence-electron chi connectivity index (χ4n) is 3.94. The molecule has 2 aromatic rings. The van der Waals surface area contributed by atoms with E-state index in [1.807, 2.05) is 19.9 Å². The second-order valence-electron chi connectivity index (χ2n) is 7.14. The van der Waals surface area contributed by atoms with Crippen molar-refractivity contribution >= 4 is 11.9 Å². The van der Waals surface area contributed by atoms with Crippen LogP contribution in [0.3, 0.4) is 0 Å². The van der Waals surface area contributed by atoms with Crippen molar-refractivity contribution in [2.75, 3.05) is 20.8 Å². The quantitative estimate of drug-likeness (QED) is 0.692. The molecule has 0 fully saturated rings. The van der Waals surface area contributed by atoms with Crippen LogP contribution in [0.2, 0.25) is 0 Å². The van der Waals surface area contributed by atoms with E-state index in [0.717, 1.165) is 22.4 Å². The van der Waals surface area contributed by atoms with Crippen molar-refractivity contribution in [2.45, 2.75) is 45.6 Å². The third-order valence-corrected chi connectivity index (χ3v) is 5.45. The molecule has 156 valence electrons. The maximum atomic E-state index is 13.0. The van der Waals surface area contributed by atoms with Gasteiger partial charge in [-0.1, -0.05) is 5.16 Å². The maximum Gasteiger partial charge on any atom is 0.223 e. The Bertz CT molecular complexity index is 901. The molecule has 1 aromatic carbocycles. The Kier molecular flexibility index (Phi) is 6.10. The van der Waals surface area contributed by atoms with Crippen LogP contribution in [0.4, 0.5) is 0 Å². The number of carbonyl (C=O) groups is 2. The van der Waals surface area contributed by atoms with Gasteiger partial charge in [-0.3, -0.25) is 4.79 Å². The molecule has 3 rings (SSSR count). The molecule has 1 aliphatic rings. The number of carboxylic acids is 1. The van der Waals surface area contributed by atoms with Crippen LogP contribution in [0, 0.1) is 13.8 Å². The predicted molar refractivity (Wildman–Crippen MR) is 102 cm³/mol. The van der Waals surface area contributed by atoms with Gasteiger partial charge in [0.1, 0.15) is 5.76 Å². The first-order valence-electron chi connectivity index (χ1n) is 9.51. The van der Waals surface area contributed by atoms with Gasteiger partial charge in [0.05, 0.1) is 26.0 Å². The fraction of sp³-hybridized carbons (Fsp3) is 0.476. The molecule has 0 saturated heterocycles. The maximum absolute atomic E-state index is 13.0. The summed E-state index contributed by atoms with van der Waals surface area (Å²) in [6.45, 7) is 4.09. The number of aliphatic carboxylic acids is 1. The summed E-state index contributed by atoms with van der Waals surface area (Å²) in [4.78, 5) is 26.1. The summed E-state index contributed by atoms with van der Waals surface area (Å²) < 4.78 is 15.9. The summed E-state index contributed by atoms with van der Waals surface area (Å²) in [5.41, 5.74) is 3.38. The predicted octanol–water partition coefficient (Wildman–Crippen LogP) is 1.51. The second kappa shape index (κ2) is 8.55. The number of amides is 1. The van der Waals surface area contributed by atoms with E-state index >= 15 is 0 Å². The standard InChI is InChI=1S/C21H26N2O6/c1-12-15(13(2)29-22-12)5-6-20(24)23-8-7-14-9-18(27-3)19(28-4)10-16(14)17(23)11-21(25)26/h9-10,17H,5-8,11H2,1-4H3,(H,25,26)/p-1/t17-/m0/s1. The zero-order valence-corrected chi connectivity index (χ0v) is 17.1. The van der Waals surface area contributed by atoms with Crippen molar-refractivity contribution < 1.29 is 28.7 Å². The van der Waals surface area contributed by atoms with Gasteiger partial charge in [-0.25, -0.2) is 0 Å². The van der Waals surface area contributed by atoms with Gasteiger partial charge >= 0.3 is 0 Å². The molecule has 1 atom stereocenters. The summed E-state index contributed by atoms with van der Waals surface area (Å²) in [5, 5.41) is 15.3. The number of nitrogens with zero attached hydrogens (tertiary/aromatic N) is 2. The number of rotatable bonds is 7. The van der Waals surface area contributed by atoms with Crippen molar-refractivity contribution in [2.24, 2.45) is 0 Å². The highest BCUT2D eigenvalue weighted by molar-refractivity contribution is 5.79. The van der Waals surface area contributed by atoms with E-state index in [1.165, 1.54) is 7.11 Å². The molecule has 1 amide bonds. The first-order chi connectivity index (χ1) is 13.8. The van der Waals surface area contributed by atoms with Crippen LogP contribution in [0.25, 0.3) is 0 Å². The van der Waals surface area contributed by atoms with Crippen molar-refractivity contribution in [1.29, 1.82) is 0 Å². The average Bonchev–Trinajstić information content (AvgIpc) is 3.02. The van der Waals surface area contributed by atoms with Crippen molar-refractivity contribution in [1.82, 2.24) is 10.1 Å². The van der Waals surface area contributed by atoms with Crippen LogP contribution in [-0.2, 0) is 22.4 Å². The smallest absolute Gasteiger partial charge is 0.223 e. The van der Waals surface area contributed by atoms with Gasteiger partial charge < -0.3 is 28.8 Å². The zero-order chi connectivity index (χ0) is 21.1. The van der Waals surface area contributed by atoms with E-state index in [0.29, 0.717) is 36.6 Å². The Hall–Kier alpha value is -3.03. The lowest BCUT2D eigenvalue weighted by Gasteiger charge is -2.38. The van der Waals surface area contributed by atoms with E-state index in [9.17, 15) is 14.7 Å². The van der Waals surface area contributed by atoms with Gasteiger partial charge in [-0.05, 0) is 49.9 Å². The number of carbonyl (C=O) groups excluding carboxylic acids is 2. The highest BCUT2D eigenvalue weighted by Crippen LogP contribution is 2.39. The third-order valence-electron chi connectivity index (χ3n) is 5.45. The summed E-state index contributed by atoms with van der Waals surface area (Å²) in [5.74, 6) is 0.455.